The van der Waals surface area contributed by atoms with E-state index in [9.17, 15) is 18.0 Å². The van der Waals surface area contributed by atoms with Crippen molar-refractivity contribution in [2.75, 3.05) is 17.1 Å². The number of carbonyl (C=O) groups excluding carboxylic acids is 2. The number of amides is 2. The lowest BCUT2D eigenvalue weighted by Crippen LogP contribution is -2.50. The third-order valence-corrected chi connectivity index (χ3v) is 7.82. The second kappa shape index (κ2) is 13.9. The third kappa shape index (κ3) is 9.21. The van der Waals surface area contributed by atoms with Gasteiger partial charge in [0.2, 0.25) is 21.8 Å². The lowest BCUT2D eigenvalue weighted by Gasteiger charge is -2.32. The molecule has 1 unspecified atom stereocenters. The Bertz CT molecular complexity index is 1220. The summed E-state index contributed by atoms with van der Waals surface area (Å²) in [6.07, 6.45) is 1.61. The van der Waals surface area contributed by atoms with Crippen LogP contribution < -0.4 is 9.62 Å². The molecule has 0 aromatic heterocycles. The molecular formula is C25H31Cl4N3O4S. The molecule has 0 aliphatic rings. The van der Waals surface area contributed by atoms with E-state index in [1.807, 2.05) is 20.8 Å². The van der Waals surface area contributed by atoms with Gasteiger partial charge < -0.3 is 10.2 Å². The van der Waals surface area contributed by atoms with Crippen molar-refractivity contribution in [1.29, 1.82) is 0 Å². The molecule has 2 amide bonds. The minimum Gasteiger partial charge on any atom is -0.352 e. The van der Waals surface area contributed by atoms with Crippen LogP contribution in [0.25, 0.3) is 0 Å². The van der Waals surface area contributed by atoms with Gasteiger partial charge in [-0.1, -0.05) is 59.4 Å². The molecule has 204 valence electrons. The normalized spacial score (nSPS) is 12.4. The van der Waals surface area contributed by atoms with Crippen molar-refractivity contribution in [2.45, 2.75) is 58.7 Å². The van der Waals surface area contributed by atoms with E-state index in [1.165, 1.54) is 17.0 Å². The van der Waals surface area contributed by atoms with Crippen LogP contribution >= 0.6 is 46.4 Å². The summed E-state index contributed by atoms with van der Waals surface area (Å²) in [6.45, 7) is 5.59. The summed E-state index contributed by atoms with van der Waals surface area (Å²) in [5.41, 5.74) is 0.871. The molecular weight excluding hydrogens is 580 g/mol. The van der Waals surface area contributed by atoms with Gasteiger partial charge in [0.25, 0.3) is 0 Å². The molecule has 0 fully saturated rings. The van der Waals surface area contributed by atoms with Gasteiger partial charge in [0, 0.05) is 40.6 Å². The van der Waals surface area contributed by atoms with Gasteiger partial charge in [0.05, 0.1) is 17.0 Å². The maximum Gasteiger partial charge on any atom is 0.243 e. The number of rotatable bonds is 12. The van der Waals surface area contributed by atoms with Crippen LogP contribution in [0.5, 0.6) is 0 Å². The fraction of sp³-hybridized carbons (Fsp3) is 0.440. The molecule has 0 bridgehead atoms. The molecule has 0 saturated heterocycles. The fourth-order valence-electron chi connectivity index (χ4n) is 3.79. The van der Waals surface area contributed by atoms with Gasteiger partial charge in [-0.25, -0.2) is 8.42 Å². The molecule has 0 aliphatic carbocycles. The second-order valence-electron chi connectivity index (χ2n) is 8.88. The van der Waals surface area contributed by atoms with Crippen LogP contribution in [0.2, 0.25) is 20.1 Å². The number of halogens is 4. The molecule has 12 heteroatoms. The van der Waals surface area contributed by atoms with E-state index in [1.54, 1.807) is 24.3 Å². The summed E-state index contributed by atoms with van der Waals surface area (Å²) in [7, 11) is -3.71. The third-order valence-electron chi connectivity index (χ3n) is 5.50. The van der Waals surface area contributed by atoms with E-state index >= 15 is 0 Å². The van der Waals surface area contributed by atoms with Crippen molar-refractivity contribution in [3.8, 4) is 0 Å². The molecule has 1 N–H and O–H groups in total. The highest BCUT2D eigenvalue weighted by Gasteiger charge is 2.30. The minimum absolute atomic E-state index is 0.00480. The number of hydrogen-bond donors (Lipinski definition) is 1. The van der Waals surface area contributed by atoms with Gasteiger partial charge in [-0.15, -0.1) is 0 Å². The zero-order valence-electron chi connectivity index (χ0n) is 21.1. The molecule has 1 atom stereocenters. The molecule has 0 spiro atoms. The zero-order valence-corrected chi connectivity index (χ0v) is 24.9. The highest BCUT2D eigenvalue weighted by molar-refractivity contribution is 7.92. The van der Waals surface area contributed by atoms with E-state index in [-0.39, 0.29) is 54.5 Å². The number of nitrogens with zero attached hydrogens (tertiary/aromatic N) is 2. The minimum atomic E-state index is -3.71. The molecule has 37 heavy (non-hydrogen) atoms. The van der Waals surface area contributed by atoms with Crippen molar-refractivity contribution in [1.82, 2.24) is 10.2 Å². The van der Waals surface area contributed by atoms with Gasteiger partial charge in [-0.2, -0.15) is 0 Å². The predicted molar refractivity (Wildman–Crippen MR) is 152 cm³/mol. The Morgan fingerprint density at radius 3 is 2.16 bits per heavy atom. The Morgan fingerprint density at radius 1 is 0.973 bits per heavy atom. The first kappa shape index (κ1) is 31.5. The zero-order chi connectivity index (χ0) is 27.9. The highest BCUT2D eigenvalue weighted by Crippen LogP contribution is 2.31. The average Bonchev–Trinajstić information content (AvgIpc) is 2.78. The first-order valence-electron chi connectivity index (χ1n) is 11.7. The van der Waals surface area contributed by atoms with Crippen LogP contribution in [0.1, 0.15) is 45.6 Å². The molecule has 7 nitrogen and oxygen atoms in total. The van der Waals surface area contributed by atoms with Crippen LogP contribution in [-0.4, -0.2) is 50.0 Å². The van der Waals surface area contributed by atoms with E-state index in [0.717, 1.165) is 10.6 Å². The van der Waals surface area contributed by atoms with Gasteiger partial charge >= 0.3 is 0 Å². The Balaban J connectivity index is 2.29. The summed E-state index contributed by atoms with van der Waals surface area (Å²) < 4.78 is 26.1. The van der Waals surface area contributed by atoms with Gasteiger partial charge in [0.1, 0.15) is 6.04 Å². The number of benzene rings is 2. The first-order chi connectivity index (χ1) is 17.2. The van der Waals surface area contributed by atoms with Crippen LogP contribution in [0.3, 0.4) is 0 Å². The van der Waals surface area contributed by atoms with Crippen LogP contribution in [0.4, 0.5) is 5.69 Å². The maximum absolute atomic E-state index is 13.5. The molecule has 0 aliphatic heterocycles. The number of nitrogens with one attached hydrogen (secondary N) is 1. The Morgan fingerprint density at radius 2 is 1.59 bits per heavy atom. The number of sulfonamides is 1. The SMILES string of the molecule is CCC(C(=O)NC(C)C)N(Cc1ccc(Cl)cc1Cl)C(=O)CCCN(c1cc(Cl)ccc1Cl)S(C)(=O)=O. The quantitative estimate of drug-likeness (QED) is 0.311. The van der Waals surface area contributed by atoms with Gasteiger partial charge in [-0.3, -0.25) is 13.9 Å². The lowest BCUT2D eigenvalue weighted by molar-refractivity contribution is -0.141. The fourth-order valence-corrected chi connectivity index (χ4v) is 5.67. The van der Waals surface area contributed by atoms with E-state index in [2.05, 4.69) is 5.32 Å². The second-order valence-corrected chi connectivity index (χ2v) is 12.5. The standard InChI is InChI=1S/C25H31Cl4N3O4S/c1-5-22(25(34)30-16(2)3)31(15-17-8-9-18(26)13-21(17)29)24(33)7-6-12-32(37(4,35)36)23-14-19(27)10-11-20(23)28/h8-11,13-14,16,22H,5-7,12,15H2,1-4H3,(H,30,34). The molecule has 2 aromatic rings. The summed E-state index contributed by atoms with van der Waals surface area (Å²) >= 11 is 24.7. The topological polar surface area (TPSA) is 86.8 Å². The summed E-state index contributed by atoms with van der Waals surface area (Å²) in [5, 5.41) is 4.25. The Labute approximate surface area is 239 Å². The molecule has 0 radical (unpaired) electrons. The smallest absolute Gasteiger partial charge is 0.243 e. The Hall–Kier alpha value is -1.71. The summed E-state index contributed by atoms with van der Waals surface area (Å²) in [4.78, 5) is 27.9. The number of carbonyl (C=O) groups is 2. The molecule has 0 saturated carbocycles. The van der Waals surface area contributed by atoms with E-state index < -0.39 is 16.1 Å². The van der Waals surface area contributed by atoms with Crippen molar-refractivity contribution >= 4 is 73.9 Å². The van der Waals surface area contributed by atoms with Gasteiger partial charge in [-0.05, 0) is 62.6 Å². The maximum atomic E-state index is 13.5. The largest absolute Gasteiger partial charge is 0.352 e. The van der Waals surface area contributed by atoms with Crippen LogP contribution in [0.15, 0.2) is 36.4 Å². The van der Waals surface area contributed by atoms with Crippen molar-refractivity contribution in [3.63, 3.8) is 0 Å². The number of anilines is 1. The monoisotopic (exact) mass is 609 g/mol. The predicted octanol–water partition coefficient (Wildman–Crippen LogP) is 6.18. The van der Waals surface area contributed by atoms with E-state index in [0.29, 0.717) is 27.1 Å². The van der Waals surface area contributed by atoms with Crippen LogP contribution in [0, 0.1) is 0 Å². The molecule has 2 aromatic carbocycles. The van der Waals surface area contributed by atoms with Crippen molar-refractivity contribution in [3.05, 3.63) is 62.1 Å². The van der Waals surface area contributed by atoms with Crippen LogP contribution in [-0.2, 0) is 26.2 Å². The highest BCUT2D eigenvalue weighted by atomic mass is 35.5. The molecule has 0 heterocycles. The van der Waals surface area contributed by atoms with E-state index in [4.69, 9.17) is 46.4 Å². The van der Waals surface area contributed by atoms with Gasteiger partial charge in [0.15, 0.2) is 0 Å². The van der Waals surface area contributed by atoms with Crippen molar-refractivity contribution in [2.24, 2.45) is 0 Å². The summed E-state index contributed by atoms with van der Waals surface area (Å²) in [6, 6.07) is 8.64. The molecule has 2 rings (SSSR count). The average molecular weight is 611 g/mol. The summed E-state index contributed by atoms with van der Waals surface area (Å²) in [5.74, 6) is -0.596. The lowest BCUT2D eigenvalue weighted by atomic mass is 10.1. The van der Waals surface area contributed by atoms with Crippen molar-refractivity contribution < 1.29 is 18.0 Å². The number of hydrogen-bond acceptors (Lipinski definition) is 4. The Kier molecular flexibility index (Phi) is 11.8. The first-order valence-corrected chi connectivity index (χ1v) is 15.1.